The van der Waals surface area contributed by atoms with Gasteiger partial charge in [0.15, 0.2) is 0 Å². The molecule has 0 radical (unpaired) electrons. The minimum absolute atomic E-state index is 0.197. The smallest absolute Gasteiger partial charge is 0.232 e. The van der Waals surface area contributed by atoms with Gasteiger partial charge in [0.05, 0.1) is 17.4 Å². The van der Waals surface area contributed by atoms with Crippen molar-refractivity contribution in [3.05, 3.63) is 71.5 Å². The van der Waals surface area contributed by atoms with E-state index in [1.165, 1.54) is 0 Å². The van der Waals surface area contributed by atoms with Gasteiger partial charge in [-0.1, -0.05) is 30.3 Å². The number of hydrogen-bond donors (Lipinski definition) is 2. The fraction of sp³-hybridized carbons (Fsp3) is 0.111. The fourth-order valence-electron chi connectivity index (χ4n) is 2.14. The van der Waals surface area contributed by atoms with E-state index >= 15 is 0 Å². The van der Waals surface area contributed by atoms with E-state index in [1.54, 1.807) is 11.8 Å². The van der Waals surface area contributed by atoms with Gasteiger partial charge in [0.2, 0.25) is 11.9 Å². The number of nitrogens with one attached hydrogen (secondary N) is 1. The Bertz CT molecular complexity index is 874. The van der Waals surface area contributed by atoms with Crippen LogP contribution < -0.4 is 11.1 Å². The molecule has 6 nitrogen and oxygen atoms in total. The second kappa shape index (κ2) is 8.13. The summed E-state index contributed by atoms with van der Waals surface area (Å²) in [4.78, 5) is 12.7. The minimum atomic E-state index is 0.197. The molecule has 3 aromatic rings. The number of nitriles is 1. The second-order valence-electron chi connectivity index (χ2n) is 5.23. The highest BCUT2D eigenvalue weighted by atomic mass is 32.2. The van der Waals surface area contributed by atoms with E-state index in [0.29, 0.717) is 23.1 Å². The maximum atomic E-state index is 8.82. The molecule has 0 amide bonds. The zero-order chi connectivity index (χ0) is 17.5. The first-order chi connectivity index (χ1) is 12.2. The number of nitrogens with two attached hydrogens (primary N) is 1. The fourth-order valence-corrected chi connectivity index (χ4v) is 2.99. The maximum absolute atomic E-state index is 8.82. The average molecular weight is 348 g/mol. The van der Waals surface area contributed by atoms with E-state index in [0.717, 1.165) is 17.0 Å². The van der Waals surface area contributed by atoms with Crippen molar-refractivity contribution in [2.45, 2.75) is 11.5 Å². The number of anilines is 3. The van der Waals surface area contributed by atoms with Crippen LogP contribution in [0.4, 0.5) is 17.6 Å². The van der Waals surface area contributed by atoms with Crippen molar-refractivity contribution in [2.24, 2.45) is 0 Å². The van der Waals surface area contributed by atoms with Crippen LogP contribution in [0.5, 0.6) is 0 Å². The summed E-state index contributed by atoms with van der Waals surface area (Å²) >= 11 is 1.68. The number of aromatic nitrogens is 3. The molecule has 0 atom stereocenters. The number of para-hydroxylation sites is 1. The van der Waals surface area contributed by atoms with Crippen LogP contribution in [-0.4, -0.2) is 15.0 Å². The van der Waals surface area contributed by atoms with Crippen molar-refractivity contribution in [3.8, 4) is 6.07 Å². The molecule has 1 aromatic heterocycles. The summed E-state index contributed by atoms with van der Waals surface area (Å²) in [5.41, 5.74) is 8.49. The van der Waals surface area contributed by atoms with Crippen molar-refractivity contribution in [1.29, 1.82) is 5.26 Å². The van der Waals surface area contributed by atoms with Gasteiger partial charge in [0.1, 0.15) is 5.82 Å². The van der Waals surface area contributed by atoms with Crippen LogP contribution in [0.15, 0.2) is 54.6 Å². The van der Waals surface area contributed by atoms with Crippen molar-refractivity contribution in [3.63, 3.8) is 0 Å². The van der Waals surface area contributed by atoms with E-state index in [4.69, 9.17) is 11.0 Å². The highest BCUT2D eigenvalue weighted by Crippen LogP contribution is 2.18. The molecule has 0 fully saturated rings. The van der Waals surface area contributed by atoms with Crippen LogP contribution in [0.3, 0.4) is 0 Å². The third-order valence-electron chi connectivity index (χ3n) is 3.31. The van der Waals surface area contributed by atoms with Crippen LogP contribution in [0.2, 0.25) is 0 Å². The van der Waals surface area contributed by atoms with E-state index in [2.05, 4.69) is 26.3 Å². The molecule has 0 saturated heterocycles. The Labute approximate surface area is 150 Å². The van der Waals surface area contributed by atoms with E-state index in [-0.39, 0.29) is 5.95 Å². The lowest BCUT2D eigenvalue weighted by Crippen LogP contribution is -2.06. The molecule has 7 heteroatoms. The molecule has 0 unspecified atom stereocenters. The summed E-state index contributed by atoms with van der Waals surface area (Å²) < 4.78 is 0. The lowest BCUT2D eigenvalue weighted by molar-refractivity contribution is 0.982. The first-order valence-electron chi connectivity index (χ1n) is 7.62. The molecule has 0 aliphatic heterocycles. The van der Waals surface area contributed by atoms with Crippen molar-refractivity contribution in [2.75, 3.05) is 11.1 Å². The zero-order valence-corrected chi connectivity index (χ0v) is 14.2. The van der Waals surface area contributed by atoms with E-state index in [1.807, 2.05) is 54.6 Å². The second-order valence-corrected chi connectivity index (χ2v) is 6.21. The topological polar surface area (TPSA) is 101 Å². The number of hydrogen-bond acceptors (Lipinski definition) is 7. The molecule has 3 N–H and O–H groups in total. The summed E-state index contributed by atoms with van der Waals surface area (Å²) in [6, 6.07) is 19.3. The summed E-state index contributed by atoms with van der Waals surface area (Å²) in [7, 11) is 0. The van der Waals surface area contributed by atoms with Gasteiger partial charge in [0.25, 0.3) is 0 Å². The minimum Gasteiger partial charge on any atom is -0.368 e. The standard InChI is InChI=1S/C18H16N6S/c19-10-13-6-8-14(9-7-13)11-25-12-16-22-17(20)24-18(23-16)21-15-4-2-1-3-5-15/h1-9H,11-12H2,(H3,20,21,22,23,24). The number of rotatable bonds is 6. The number of nitrogens with zero attached hydrogens (tertiary/aromatic N) is 4. The maximum Gasteiger partial charge on any atom is 0.232 e. The van der Waals surface area contributed by atoms with Gasteiger partial charge in [-0.15, -0.1) is 11.8 Å². The molecule has 25 heavy (non-hydrogen) atoms. The Morgan fingerprint density at radius 1 is 0.960 bits per heavy atom. The Kier molecular flexibility index (Phi) is 5.44. The quantitative estimate of drug-likeness (QED) is 0.703. The highest BCUT2D eigenvalue weighted by Gasteiger charge is 2.05. The van der Waals surface area contributed by atoms with Gasteiger partial charge in [-0.3, -0.25) is 0 Å². The van der Waals surface area contributed by atoms with Crippen molar-refractivity contribution >= 4 is 29.3 Å². The van der Waals surface area contributed by atoms with Crippen LogP contribution in [0, 0.1) is 11.3 Å². The molecule has 3 rings (SSSR count). The number of thioether (sulfide) groups is 1. The van der Waals surface area contributed by atoms with Crippen LogP contribution in [-0.2, 0) is 11.5 Å². The van der Waals surface area contributed by atoms with Gasteiger partial charge in [-0.25, -0.2) is 0 Å². The summed E-state index contributed by atoms with van der Waals surface area (Å²) in [5.74, 6) is 2.69. The monoisotopic (exact) mass is 348 g/mol. The van der Waals surface area contributed by atoms with Gasteiger partial charge in [-0.05, 0) is 29.8 Å². The van der Waals surface area contributed by atoms with E-state index < -0.39 is 0 Å². The molecule has 0 spiro atoms. The predicted octanol–water partition coefficient (Wildman–Crippen LogP) is 3.50. The van der Waals surface area contributed by atoms with Gasteiger partial charge >= 0.3 is 0 Å². The normalized spacial score (nSPS) is 10.2. The van der Waals surface area contributed by atoms with Gasteiger partial charge in [0, 0.05) is 11.4 Å². The average Bonchev–Trinajstić information content (AvgIpc) is 2.63. The first-order valence-corrected chi connectivity index (χ1v) is 8.78. The SMILES string of the molecule is N#Cc1ccc(CSCc2nc(N)nc(Nc3ccccc3)n2)cc1. The van der Waals surface area contributed by atoms with Crippen molar-refractivity contribution in [1.82, 2.24) is 15.0 Å². The van der Waals surface area contributed by atoms with Crippen LogP contribution >= 0.6 is 11.8 Å². The van der Waals surface area contributed by atoms with Gasteiger partial charge < -0.3 is 11.1 Å². The highest BCUT2D eigenvalue weighted by molar-refractivity contribution is 7.97. The molecule has 124 valence electrons. The third-order valence-corrected chi connectivity index (χ3v) is 4.31. The predicted molar refractivity (Wildman–Crippen MR) is 100 cm³/mol. The molecular weight excluding hydrogens is 332 g/mol. The third kappa shape index (κ3) is 4.93. The first kappa shape index (κ1) is 16.7. The molecule has 0 bridgehead atoms. The van der Waals surface area contributed by atoms with Crippen LogP contribution in [0.1, 0.15) is 17.0 Å². The summed E-state index contributed by atoms with van der Waals surface area (Å²) in [6.07, 6.45) is 0. The van der Waals surface area contributed by atoms with Crippen molar-refractivity contribution < 1.29 is 0 Å². The number of benzene rings is 2. The lowest BCUT2D eigenvalue weighted by atomic mass is 10.2. The lowest BCUT2D eigenvalue weighted by Gasteiger charge is -2.07. The molecule has 0 aliphatic carbocycles. The Balaban J connectivity index is 1.61. The molecule has 0 aliphatic rings. The molecular formula is C18H16N6S. The van der Waals surface area contributed by atoms with Crippen LogP contribution in [0.25, 0.3) is 0 Å². The molecule has 1 heterocycles. The largest absolute Gasteiger partial charge is 0.368 e. The summed E-state index contributed by atoms with van der Waals surface area (Å²) in [6.45, 7) is 0. The zero-order valence-electron chi connectivity index (χ0n) is 13.4. The Morgan fingerprint density at radius 2 is 1.72 bits per heavy atom. The number of nitrogen functional groups attached to an aromatic ring is 1. The van der Waals surface area contributed by atoms with Gasteiger partial charge in [-0.2, -0.15) is 20.2 Å². The Hall–Kier alpha value is -3.11. The molecule has 2 aromatic carbocycles. The molecule has 0 saturated carbocycles. The summed E-state index contributed by atoms with van der Waals surface area (Å²) in [5, 5.41) is 11.9. The Morgan fingerprint density at radius 3 is 2.44 bits per heavy atom. The van der Waals surface area contributed by atoms with E-state index in [9.17, 15) is 0 Å².